The first kappa shape index (κ1) is 16.0. The summed E-state index contributed by atoms with van der Waals surface area (Å²) in [6.45, 7) is 8.27. The SMILES string of the molecule is Cc1c(-c2nc(-c3ccc(C(C)C)cc3)no2)nnn1C1CCNC1. The Balaban J connectivity index is 1.61. The molecule has 0 saturated carbocycles. The van der Waals surface area contributed by atoms with Crippen LogP contribution in [0.15, 0.2) is 28.8 Å². The molecule has 0 amide bonds. The second kappa shape index (κ2) is 6.40. The van der Waals surface area contributed by atoms with E-state index in [1.807, 2.05) is 23.7 Å². The van der Waals surface area contributed by atoms with Crippen LogP contribution in [-0.2, 0) is 0 Å². The van der Waals surface area contributed by atoms with Crippen LogP contribution in [0.2, 0.25) is 0 Å². The highest BCUT2D eigenvalue weighted by Gasteiger charge is 2.24. The number of aromatic nitrogens is 5. The van der Waals surface area contributed by atoms with E-state index in [4.69, 9.17) is 4.52 Å². The Morgan fingerprint density at radius 3 is 2.72 bits per heavy atom. The first-order valence-corrected chi connectivity index (χ1v) is 8.70. The normalized spacial score (nSPS) is 17.5. The standard InChI is InChI=1S/C18H22N6O/c1-11(2)13-4-6-14(7-5-13)17-20-18(25-22-17)16-12(3)24(23-21-16)15-8-9-19-10-15/h4-7,11,15,19H,8-10H2,1-3H3. The predicted molar refractivity (Wildman–Crippen MR) is 94.1 cm³/mol. The van der Waals surface area contributed by atoms with Crippen LogP contribution in [0.25, 0.3) is 23.0 Å². The van der Waals surface area contributed by atoms with E-state index in [1.165, 1.54) is 5.56 Å². The van der Waals surface area contributed by atoms with Gasteiger partial charge in [0.25, 0.3) is 5.89 Å². The maximum Gasteiger partial charge on any atom is 0.280 e. The monoisotopic (exact) mass is 338 g/mol. The first-order chi connectivity index (χ1) is 12.1. The molecule has 1 aliphatic rings. The molecule has 0 radical (unpaired) electrons. The molecule has 7 nitrogen and oxygen atoms in total. The molecule has 0 bridgehead atoms. The summed E-state index contributed by atoms with van der Waals surface area (Å²) in [5.41, 5.74) is 3.84. The summed E-state index contributed by atoms with van der Waals surface area (Å²) >= 11 is 0. The van der Waals surface area contributed by atoms with Crippen LogP contribution >= 0.6 is 0 Å². The smallest absolute Gasteiger partial charge is 0.280 e. The largest absolute Gasteiger partial charge is 0.332 e. The molecular formula is C18H22N6O. The molecule has 1 unspecified atom stereocenters. The van der Waals surface area contributed by atoms with E-state index < -0.39 is 0 Å². The molecule has 1 saturated heterocycles. The molecule has 1 atom stereocenters. The number of benzene rings is 1. The van der Waals surface area contributed by atoms with Crippen molar-refractivity contribution in [2.45, 2.75) is 39.2 Å². The summed E-state index contributed by atoms with van der Waals surface area (Å²) in [6.07, 6.45) is 1.06. The molecule has 1 N–H and O–H groups in total. The van der Waals surface area contributed by atoms with Gasteiger partial charge in [0.15, 0.2) is 5.69 Å². The Hall–Kier alpha value is -2.54. The van der Waals surface area contributed by atoms with Gasteiger partial charge in [-0.15, -0.1) is 5.10 Å². The van der Waals surface area contributed by atoms with Crippen molar-refractivity contribution >= 4 is 0 Å². The van der Waals surface area contributed by atoms with Gasteiger partial charge < -0.3 is 9.84 Å². The first-order valence-electron chi connectivity index (χ1n) is 8.70. The summed E-state index contributed by atoms with van der Waals surface area (Å²) in [4.78, 5) is 4.52. The van der Waals surface area contributed by atoms with E-state index >= 15 is 0 Å². The summed E-state index contributed by atoms with van der Waals surface area (Å²) in [5, 5.41) is 16.0. The average Bonchev–Trinajstić information content (AvgIpc) is 3.35. The van der Waals surface area contributed by atoms with Gasteiger partial charge in [-0.1, -0.05) is 48.5 Å². The van der Waals surface area contributed by atoms with Gasteiger partial charge in [0, 0.05) is 12.1 Å². The van der Waals surface area contributed by atoms with Gasteiger partial charge in [-0.25, -0.2) is 4.68 Å². The minimum atomic E-state index is 0.340. The number of hydrogen-bond acceptors (Lipinski definition) is 6. The summed E-state index contributed by atoms with van der Waals surface area (Å²) in [6, 6.07) is 8.60. The van der Waals surface area contributed by atoms with Crippen LogP contribution in [0.1, 0.15) is 43.5 Å². The fourth-order valence-electron chi connectivity index (χ4n) is 3.19. The third-order valence-electron chi connectivity index (χ3n) is 4.77. The van der Waals surface area contributed by atoms with Crippen molar-refractivity contribution in [3.05, 3.63) is 35.5 Å². The van der Waals surface area contributed by atoms with Gasteiger partial charge in [0.2, 0.25) is 5.82 Å². The molecule has 4 rings (SSSR count). The minimum Gasteiger partial charge on any atom is -0.332 e. The number of nitrogens with one attached hydrogen (secondary N) is 1. The molecule has 1 fully saturated rings. The third kappa shape index (κ3) is 2.95. The lowest BCUT2D eigenvalue weighted by molar-refractivity contribution is 0.430. The maximum atomic E-state index is 5.45. The van der Waals surface area contributed by atoms with Crippen molar-refractivity contribution in [2.75, 3.05) is 13.1 Å². The molecule has 0 spiro atoms. The van der Waals surface area contributed by atoms with Crippen LogP contribution in [0.5, 0.6) is 0 Å². The number of nitrogens with zero attached hydrogens (tertiary/aromatic N) is 5. The Labute approximate surface area is 146 Å². The van der Waals surface area contributed by atoms with Crippen LogP contribution in [0.3, 0.4) is 0 Å². The molecule has 7 heteroatoms. The Bertz CT molecular complexity index is 858. The van der Waals surface area contributed by atoms with E-state index in [0.29, 0.717) is 29.4 Å². The van der Waals surface area contributed by atoms with Gasteiger partial charge in [0.05, 0.1) is 11.7 Å². The second-order valence-electron chi connectivity index (χ2n) is 6.81. The van der Waals surface area contributed by atoms with E-state index in [1.54, 1.807) is 0 Å². The summed E-state index contributed by atoms with van der Waals surface area (Å²) < 4.78 is 7.40. The van der Waals surface area contributed by atoms with Crippen molar-refractivity contribution in [3.8, 4) is 23.0 Å². The molecule has 130 valence electrons. The zero-order valence-corrected chi connectivity index (χ0v) is 14.7. The molecule has 2 aromatic heterocycles. The van der Waals surface area contributed by atoms with Crippen LogP contribution in [0.4, 0.5) is 0 Å². The summed E-state index contributed by atoms with van der Waals surface area (Å²) in [7, 11) is 0. The average molecular weight is 338 g/mol. The molecule has 1 aliphatic heterocycles. The lowest BCUT2D eigenvalue weighted by atomic mass is 10.0. The van der Waals surface area contributed by atoms with Crippen LogP contribution in [-0.4, -0.2) is 38.2 Å². The summed E-state index contributed by atoms with van der Waals surface area (Å²) in [5.74, 6) is 1.48. The fraction of sp³-hybridized carbons (Fsp3) is 0.444. The zero-order valence-electron chi connectivity index (χ0n) is 14.7. The van der Waals surface area contributed by atoms with Gasteiger partial charge >= 0.3 is 0 Å². The topological polar surface area (TPSA) is 81.7 Å². The lowest BCUT2D eigenvalue weighted by Crippen LogP contribution is -2.15. The van der Waals surface area contributed by atoms with Crippen molar-refractivity contribution < 1.29 is 4.52 Å². The van der Waals surface area contributed by atoms with Gasteiger partial charge in [0.1, 0.15) is 0 Å². The predicted octanol–water partition coefficient (Wildman–Crippen LogP) is 2.96. The highest BCUT2D eigenvalue weighted by molar-refractivity contribution is 5.59. The fourth-order valence-corrected chi connectivity index (χ4v) is 3.19. The molecular weight excluding hydrogens is 316 g/mol. The lowest BCUT2D eigenvalue weighted by Gasteiger charge is -2.09. The van der Waals surface area contributed by atoms with Crippen molar-refractivity contribution in [2.24, 2.45) is 0 Å². The Morgan fingerprint density at radius 2 is 2.04 bits per heavy atom. The molecule has 3 heterocycles. The van der Waals surface area contributed by atoms with E-state index in [9.17, 15) is 0 Å². The van der Waals surface area contributed by atoms with Crippen LogP contribution < -0.4 is 5.32 Å². The quantitative estimate of drug-likeness (QED) is 0.787. The number of hydrogen-bond donors (Lipinski definition) is 1. The van der Waals surface area contributed by atoms with E-state index in [-0.39, 0.29) is 0 Å². The van der Waals surface area contributed by atoms with E-state index in [0.717, 1.165) is 30.8 Å². The van der Waals surface area contributed by atoms with Crippen LogP contribution in [0, 0.1) is 6.92 Å². The highest BCUT2D eigenvalue weighted by atomic mass is 16.5. The van der Waals surface area contributed by atoms with Gasteiger partial charge in [-0.2, -0.15) is 4.98 Å². The maximum absolute atomic E-state index is 5.45. The van der Waals surface area contributed by atoms with E-state index in [2.05, 4.69) is 51.7 Å². The van der Waals surface area contributed by atoms with Gasteiger partial charge in [-0.3, -0.25) is 0 Å². The Morgan fingerprint density at radius 1 is 1.24 bits per heavy atom. The Kier molecular flexibility index (Phi) is 4.09. The number of rotatable bonds is 4. The molecule has 3 aromatic rings. The molecule has 25 heavy (non-hydrogen) atoms. The zero-order chi connectivity index (χ0) is 17.4. The van der Waals surface area contributed by atoms with Crippen molar-refractivity contribution in [1.29, 1.82) is 0 Å². The van der Waals surface area contributed by atoms with Crippen molar-refractivity contribution in [3.63, 3.8) is 0 Å². The highest BCUT2D eigenvalue weighted by Crippen LogP contribution is 2.26. The van der Waals surface area contributed by atoms with Crippen molar-refractivity contribution in [1.82, 2.24) is 30.5 Å². The molecule has 1 aromatic carbocycles. The minimum absolute atomic E-state index is 0.340. The second-order valence-corrected chi connectivity index (χ2v) is 6.81. The molecule has 0 aliphatic carbocycles. The van der Waals surface area contributed by atoms with Gasteiger partial charge in [-0.05, 0) is 31.4 Å². The third-order valence-corrected chi connectivity index (χ3v) is 4.77.